The molecule has 7 heteroatoms. The largest absolute Gasteiger partial charge is 0.489 e. The Morgan fingerprint density at radius 1 is 1.00 bits per heavy atom. The first-order valence-electron chi connectivity index (χ1n) is 9.33. The van der Waals surface area contributed by atoms with Crippen molar-refractivity contribution in [2.75, 3.05) is 18.1 Å². The van der Waals surface area contributed by atoms with Crippen LogP contribution in [0.2, 0.25) is 0 Å². The molecule has 4 rings (SSSR count). The molecular formula is C23H18F3NO3. The van der Waals surface area contributed by atoms with Gasteiger partial charge >= 0.3 is 6.18 Å². The van der Waals surface area contributed by atoms with E-state index in [9.17, 15) is 18.0 Å². The van der Waals surface area contributed by atoms with Crippen molar-refractivity contribution in [2.24, 2.45) is 0 Å². The second kappa shape index (κ2) is 8.20. The second-order valence-corrected chi connectivity index (χ2v) is 6.79. The summed E-state index contributed by atoms with van der Waals surface area (Å²) in [4.78, 5) is 14.6. The number of benzene rings is 3. The molecule has 1 aliphatic rings. The Bertz CT molecular complexity index is 1020. The maximum absolute atomic E-state index is 13.4. The molecule has 1 aliphatic heterocycles. The summed E-state index contributed by atoms with van der Waals surface area (Å²) in [7, 11) is 0. The number of para-hydroxylation sites is 1. The quantitative estimate of drug-likeness (QED) is 0.504. The van der Waals surface area contributed by atoms with E-state index in [1.54, 1.807) is 60.7 Å². The van der Waals surface area contributed by atoms with Crippen molar-refractivity contribution in [3.63, 3.8) is 0 Å². The van der Waals surface area contributed by atoms with Crippen molar-refractivity contribution in [1.29, 1.82) is 0 Å². The van der Waals surface area contributed by atoms with Gasteiger partial charge in [-0.1, -0.05) is 36.4 Å². The van der Waals surface area contributed by atoms with Crippen LogP contribution in [0.4, 0.5) is 24.5 Å². The van der Waals surface area contributed by atoms with E-state index in [1.807, 2.05) is 0 Å². The third-order valence-corrected chi connectivity index (χ3v) is 4.59. The number of halogens is 3. The second-order valence-electron chi connectivity index (χ2n) is 6.79. The zero-order valence-electron chi connectivity index (χ0n) is 15.8. The molecule has 1 atom stereocenters. The maximum atomic E-state index is 13.4. The third-order valence-electron chi connectivity index (χ3n) is 4.59. The van der Waals surface area contributed by atoms with Gasteiger partial charge in [0.1, 0.15) is 18.5 Å². The van der Waals surface area contributed by atoms with Gasteiger partial charge in [0.2, 0.25) is 0 Å². The predicted octanol–water partition coefficient (Wildman–Crippen LogP) is 5.46. The first-order valence-corrected chi connectivity index (χ1v) is 9.33. The highest BCUT2D eigenvalue weighted by Crippen LogP contribution is 2.40. The number of rotatable bonds is 6. The third kappa shape index (κ3) is 4.46. The van der Waals surface area contributed by atoms with E-state index in [1.165, 1.54) is 11.0 Å². The molecule has 0 N–H and O–H groups in total. The van der Waals surface area contributed by atoms with E-state index < -0.39 is 17.6 Å². The van der Waals surface area contributed by atoms with Crippen molar-refractivity contribution in [3.05, 3.63) is 90.0 Å². The average Bonchev–Trinajstić information content (AvgIpc) is 3.58. The number of alkyl halides is 3. The lowest BCUT2D eigenvalue weighted by atomic mass is 10.1. The first-order chi connectivity index (χ1) is 14.4. The molecule has 0 aromatic heterocycles. The van der Waals surface area contributed by atoms with Crippen molar-refractivity contribution >= 4 is 17.3 Å². The van der Waals surface area contributed by atoms with Crippen LogP contribution in [0.1, 0.15) is 15.9 Å². The van der Waals surface area contributed by atoms with Crippen LogP contribution in [-0.4, -0.2) is 25.2 Å². The molecule has 1 amide bonds. The van der Waals surface area contributed by atoms with Crippen molar-refractivity contribution in [3.8, 4) is 5.75 Å². The fourth-order valence-electron chi connectivity index (χ4n) is 2.99. The number of ether oxygens (including phenoxy) is 2. The van der Waals surface area contributed by atoms with Crippen LogP contribution in [-0.2, 0) is 10.9 Å². The number of hydrogen-bond acceptors (Lipinski definition) is 3. The molecule has 1 fully saturated rings. The summed E-state index contributed by atoms with van der Waals surface area (Å²) in [6, 6.07) is 20.0. The smallest absolute Gasteiger partial charge is 0.416 e. The number of carbonyl (C=O) groups is 1. The van der Waals surface area contributed by atoms with Crippen LogP contribution in [0.5, 0.6) is 5.75 Å². The van der Waals surface area contributed by atoms with Gasteiger partial charge in [-0.3, -0.25) is 9.69 Å². The summed E-state index contributed by atoms with van der Waals surface area (Å²) in [5.41, 5.74) is -0.0757. The van der Waals surface area contributed by atoms with E-state index in [0.717, 1.165) is 12.1 Å². The molecule has 3 aromatic rings. The lowest BCUT2D eigenvalue weighted by Crippen LogP contribution is -2.27. The Kier molecular flexibility index (Phi) is 5.46. The van der Waals surface area contributed by atoms with E-state index in [2.05, 4.69) is 0 Å². The van der Waals surface area contributed by atoms with Gasteiger partial charge in [-0.2, -0.15) is 13.2 Å². The van der Waals surface area contributed by atoms with Crippen LogP contribution in [0.15, 0.2) is 78.9 Å². The maximum Gasteiger partial charge on any atom is 0.416 e. The first kappa shape index (κ1) is 20.0. The number of epoxide rings is 1. The molecule has 1 unspecified atom stereocenters. The Balaban J connectivity index is 1.84. The SMILES string of the molecule is O=C(c1ccccc1)N(c1ccccc1)c1cc(C(F)(F)F)ccc1OCC1CO1. The van der Waals surface area contributed by atoms with Gasteiger partial charge in [-0.15, -0.1) is 0 Å². The van der Waals surface area contributed by atoms with Crippen LogP contribution >= 0.6 is 0 Å². The normalized spacial score (nSPS) is 15.5. The van der Waals surface area contributed by atoms with Crippen molar-refractivity contribution in [1.82, 2.24) is 0 Å². The highest BCUT2D eigenvalue weighted by Gasteiger charge is 2.34. The number of nitrogens with zero attached hydrogens (tertiary/aromatic N) is 1. The van der Waals surface area contributed by atoms with E-state index in [4.69, 9.17) is 9.47 Å². The van der Waals surface area contributed by atoms with E-state index in [0.29, 0.717) is 17.9 Å². The molecule has 4 nitrogen and oxygen atoms in total. The Morgan fingerprint density at radius 3 is 2.23 bits per heavy atom. The monoisotopic (exact) mass is 413 g/mol. The zero-order valence-corrected chi connectivity index (χ0v) is 15.8. The van der Waals surface area contributed by atoms with Gasteiger partial charge in [0.05, 0.1) is 17.9 Å². The van der Waals surface area contributed by atoms with Gasteiger partial charge in [0, 0.05) is 11.3 Å². The number of amides is 1. The Labute approximate surface area is 171 Å². The average molecular weight is 413 g/mol. The fourth-order valence-corrected chi connectivity index (χ4v) is 2.99. The van der Waals surface area contributed by atoms with Crippen LogP contribution in [0, 0.1) is 0 Å². The Morgan fingerprint density at radius 2 is 1.63 bits per heavy atom. The number of carbonyl (C=O) groups excluding carboxylic acids is 1. The number of hydrogen-bond donors (Lipinski definition) is 0. The van der Waals surface area contributed by atoms with Crippen molar-refractivity contribution in [2.45, 2.75) is 12.3 Å². The minimum atomic E-state index is -4.56. The number of anilines is 2. The molecule has 154 valence electrons. The highest BCUT2D eigenvalue weighted by molar-refractivity contribution is 6.11. The molecule has 1 heterocycles. The van der Waals surface area contributed by atoms with Gasteiger partial charge < -0.3 is 9.47 Å². The summed E-state index contributed by atoms with van der Waals surface area (Å²) in [6.07, 6.45) is -4.65. The highest BCUT2D eigenvalue weighted by atomic mass is 19.4. The Hall–Kier alpha value is -3.32. The van der Waals surface area contributed by atoms with Crippen LogP contribution in [0.3, 0.4) is 0 Å². The molecule has 1 saturated heterocycles. The lowest BCUT2D eigenvalue weighted by molar-refractivity contribution is -0.137. The molecule has 0 bridgehead atoms. The molecule has 0 spiro atoms. The minimum absolute atomic E-state index is 0.0190. The summed E-state index contributed by atoms with van der Waals surface area (Å²) in [6.45, 7) is 0.738. The zero-order chi connectivity index (χ0) is 21.1. The predicted molar refractivity (Wildman–Crippen MR) is 106 cm³/mol. The van der Waals surface area contributed by atoms with Gasteiger partial charge in [0.25, 0.3) is 5.91 Å². The standard InChI is InChI=1S/C23H18F3NO3/c24-23(25,26)17-11-12-21(30-15-19-14-29-19)20(13-17)27(18-9-5-2-6-10-18)22(28)16-7-3-1-4-8-16/h1-13,19H,14-15H2. The van der Waals surface area contributed by atoms with E-state index in [-0.39, 0.29) is 24.1 Å². The van der Waals surface area contributed by atoms with Gasteiger partial charge in [0.15, 0.2) is 0 Å². The minimum Gasteiger partial charge on any atom is -0.489 e. The van der Waals surface area contributed by atoms with E-state index >= 15 is 0 Å². The summed E-state index contributed by atoms with van der Waals surface area (Å²) >= 11 is 0. The molecule has 0 aliphatic carbocycles. The van der Waals surface area contributed by atoms with Gasteiger partial charge in [-0.05, 0) is 42.5 Å². The van der Waals surface area contributed by atoms with Gasteiger partial charge in [-0.25, -0.2) is 0 Å². The van der Waals surface area contributed by atoms with Crippen LogP contribution in [0.25, 0.3) is 0 Å². The lowest BCUT2D eigenvalue weighted by Gasteiger charge is -2.26. The fraction of sp³-hybridized carbons (Fsp3) is 0.174. The summed E-state index contributed by atoms with van der Waals surface area (Å²) in [5, 5.41) is 0. The topological polar surface area (TPSA) is 42.1 Å². The molecular weight excluding hydrogens is 395 g/mol. The molecule has 0 saturated carbocycles. The van der Waals surface area contributed by atoms with Crippen LogP contribution < -0.4 is 9.64 Å². The molecule has 30 heavy (non-hydrogen) atoms. The molecule has 3 aromatic carbocycles. The summed E-state index contributed by atoms with van der Waals surface area (Å²) in [5.74, 6) is -0.291. The molecule has 0 radical (unpaired) electrons. The van der Waals surface area contributed by atoms with Crippen molar-refractivity contribution < 1.29 is 27.4 Å². The summed E-state index contributed by atoms with van der Waals surface area (Å²) < 4.78 is 51.2.